The van der Waals surface area contributed by atoms with Crippen molar-refractivity contribution in [2.24, 2.45) is 16.5 Å². The van der Waals surface area contributed by atoms with E-state index in [9.17, 15) is 9.18 Å². The quantitative estimate of drug-likeness (QED) is 0.233. The number of carbonyl (C=O) groups is 1. The number of aryl methyl sites for hydroxylation is 1. The van der Waals surface area contributed by atoms with Crippen LogP contribution in [0, 0.1) is 12.7 Å². The topological polar surface area (TPSA) is 131 Å². The number of benzene rings is 1. The van der Waals surface area contributed by atoms with E-state index in [1.54, 1.807) is 36.5 Å². The smallest absolute Gasteiger partial charge is 0.254 e. The number of amidine groups is 1. The Balaban J connectivity index is 1.99. The van der Waals surface area contributed by atoms with E-state index < -0.39 is 0 Å². The number of aliphatic imine (C=N–C) groups is 1. The lowest BCUT2D eigenvalue weighted by atomic mass is 10.1. The first-order chi connectivity index (χ1) is 16.4. The Bertz CT molecular complexity index is 1270. The molecule has 3 rings (SSSR count). The molecule has 3 aromatic rings. The van der Waals surface area contributed by atoms with E-state index >= 15 is 0 Å². The number of nitrogens with two attached hydrogens (primary N) is 2. The number of aromatic nitrogens is 2. The fourth-order valence-corrected chi connectivity index (χ4v) is 3.11. The molecule has 0 unspecified atom stereocenters. The minimum absolute atomic E-state index is 0.217. The average Bonchev–Trinajstić information content (AvgIpc) is 2.83. The van der Waals surface area contributed by atoms with Gasteiger partial charge in [-0.2, -0.15) is 0 Å². The molecule has 1 aromatic carbocycles. The van der Waals surface area contributed by atoms with Gasteiger partial charge >= 0.3 is 0 Å². The summed E-state index contributed by atoms with van der Waals surface area (Å²) in [6.07, 6.45) is 4.42. The lowest BCUT2D eigenvalue weighted by molar-refractivity contribution is -0.115. The number of hydrogen-bond donors (Lipinski definition) is 4. The van der Waals surface area contributed by atoms with Crippen LogP contribution in [0.1, 0.15) is 22.5 Å². The van der Waals surface area contributed by atoms with Gasteiger partial charge < -0.3 is 22.1 Å². The second-order valence-corrected chi connectivity index (χ2v) is 7.31. The second-order valence-electron chi connectivity index (χ2n) is 7.31. The van der Waals surface area contributed by atoms with Crippen molar-refractivity contribution in [2.45, 2.75) is 13.5 Å². The van der Waals surface area contributed by atoms with Gasteiger partial charge in [0.25, 0.3) is 5.91 Å². The summed E-state index contributed by atoms with van der Waals surface area (Å²) in [5.41, 5.74) is 15.3. The van der Waals surface area contributed by atoms with Crippen molar-refractivity contribution < 1.29 is 9.18 Å². The van der Waals surface area contributed by atoms with Crippen LogP contribution in [0.2, 0.25) is 0 Å². The number of carbonyl (C=O) groups excluding carboxylic acids is 1. The average molecular weight is 460 g/mol. The van der Waals surface area contributed by atoms with Gasteiger partial charge in [-0.15, -0.1) is 0 Å². The highest BCUT2D eigenvalue weighted by atomic mass is 19.1. The van der Waals surface area contributed by atoms with Gasteiger partial charge in [0.05, 0.1) is 23.5 Å². The van der Waals surface area contributed by atoms with Crippen LogP contribution in [0.5, 0.6) is 0 Å². The van der Waals surface area contributed by atoms with Crippen molar-refractivity contribution in [3.63, 3.8) is 0 Å². The summed E-state index contributed by atoms with van der Waals surface area (Å²) in [5, 5.41) is 5.80. The Morgan fingerprint density at radius 3 is 2.68 bits per heavy atom. The van der Waals surface area contributed by atoms with Crippen molar-refractivity contribution in [3.8, 4) is 0 Å². The minimum atomic E-state index is -0.359. The predicted octanol–water partition coefficient (Wildman–Crippen LogP) is 2.98. The third kappa shape index (κ3) is 6.49. The molecular formula is C25H26FN7O. The second kappa shape index (κ2) is 11.4. The minimum Gasteiger partial charge on any atom is -0.404 e. The highest BCUT2D eigenvalue weighted by molar-refractivity contribution is 6.18. The van der Waals surface area contributed by atoms with Crippen molar-refractivity contribution >= 4 is 28.8 Å². The Morgan fingerprint density at radius 2 is 1.97 bits per heavy atom. The Morgan fingerprint density at radius 1 is 1.18 bits per heavy atom. The van der Waals surface area contributed by atoms with E-state index in [1.807, 2.05) is 25.1 Å². The van der Waals surface area contributed by atoms with Crippen LogP contribution in [-0.2, 0) is 11.3 Å². The van der Waals surface area contributed by atoms with Gasteiger partial charge in [-0.3, -0.25) is 14.8 Å². The van der Waals surface area contributed by atoms with Gasteiger partial charge in [0.2, 0.25) is 0 Å². The van der Waals surface area contributed by atoms with E-state index in [0.29, 0.717) is 28.3 Å². The number of nitrogens with one attached hydrogen (secondary N) is 2. The summed E-state index contributed by atoms with van der Waals surface area (Å²) in [6, 6.07) is 15.2. The molecule has 0 aliphatic carbocycles. The maximum absolute atomic E-state index is 13.5. The standard InChI is InChI=1S/C25H26FN7O/c1-16-5-3-8-24(32-16)33-21(13-23(28)31-15-17-6-4-7-19(26)11-17)18-9-10-30-22(12-18)20(14-27)25(34)29-2/h3-14H,15,27H2,1-2H3,(H2,28,31)(H,29,34)(H,32,33)/b20-14?,21-13-. The molecule has 0 fully saturated rings. The molecule has 2 heterocycles. The summed E-state index contributed by atoms with van der Waals surface area (Å²) in [6.45, 7) is 2.10. The number of hydrogen-bond acceptors (Lipinski definition) is 6. The first-order valence-electron chi connectivity index (χ1n) is 10.5. The summed E-state index contributed by atoms with van der Waals surface area (Å²) in [4.78, 5) is 25.3. The molecule has 34 heavy (non-hydrogen) atoms. The Hall–Kier alpha value is -4.53. The number of pyridine rings is 2. The molecule has 8 nitrogen and oxygen atoms in total. The zero-order valence-corrected chi connectivity index (χ0v) is 18.9. The maximum atomic E-state index is 13.5. The summed E-state index contributed by atoms with van der Waals surface area (Å²) in [7, 11) is 1.52. The highest BCUT2D eigenvalue weighted by Gasteiger charge is 2.14. The van der Waals surface area contributed by atoms with Crippen LogP contribution in [-0.4, -0.2) is 28.8 Å². The highest BCUT2D eigenvalue weighted by Crippen LogP contribution is 2.21. The molecule has 0 aliphatic rings. The van der Waals surface area contributed by atoms with Crippen LogP contribution in [0.3, 0.4) is 0 Å². The normalized spacial score (nSPS) is 12.4. The molecule has 6 N–H and O–H groups in total. The fraction of sp³-hybridized carbons (Fsp3) is 0.120. The SMILES string of the molecule is CNC(=O)C(=CN)c1cc(/C(=C/C(N)=NCc2cccc(F)c2)Nc2cccc(C)n2)ccn1. The van der Waals surface area contributed by atoms with Gasteiger partial charge in [-0.05, 0) is 48.9 Å². The number of amides is 1. The number of nitrogens with zero attached hydrogens (tertiary/aromatic N) is 3. The van der Waals surface area contributed by atoms with E-state index in [2.05, 4.69) is 25.6 Å². The van der Waals surface area contributed by atoms with Crippen LogP contribution in [0.4, 0.5) is 10.2 Å². The largest absolute Gasteiger partial charge is 0.404 e. The first-order valence-corrected chi connectivity index (χ1v) is 10.5. The van der Waals surface area contributed by atoms with Gasteiger partial charge in [-0.1, -0.05) is 18.2 Å². The van der Waals surface area contributed by atoms with E-state index in [1.165, 1.54) is 25.4 Å². The van der Waals surface area contributed by atoms with Crippen LogP contribution >= 0.6 is 0 Å². The lowest BCUT2D eigenvalue weighted by Crippen LogP contribution is -2.20. The molecule has 1 amide bonds. The zero-order chi connectivity index (χ0) is 24.5. The number of anilines is 1. The summed E-state index contributed by atoms with van der Waals surface area (Å²) in [5.74, 6) is 0.128. The molecule has 174 valence electrons. The number of likely N-dealkylation sites (N-methyl/N-ethyl adjacent to an activating group) is 1. The first kappa shape index (κ1) is 24.1. The van der Waals surface area contributed by atoms with Gasteiger partial charge in [0.15, 0.2) is 0 Å². The zero-order valence-electron chi connectivity index (χ0n) is 18.9. The molecule has 0 bridgehead atoms. The van der Waals surface area contributed by atoms with Gasteiger partial charge in [0.1, 0.15) is 17.5 Å². The number of halogens is 1. The van der Waals surface area contributed by atoms with Crippen LogP contribution in [0.15, 0.2) is 78.1 Å². The van der Waals surface area contributed by atoms with E-state index in [4.69, 9.17) is 11.5 Å². The molecule has 2 aromatic heterocycles. The third-order valence-corrected chi connectivity index (χ3v) is 4.76. The Labute approximate surface area is 197 Å². The van der Waals surface area contributed by atoms with Crippen LogP contribution < -0.4 is 22.1 Å². The number of rotatable bonds is 8. The molecule has 0 spiro atoms. The molecule has 0 radical (unpaired) electrons. The monoisotopic (exact) mass is 459 g/mol. The molecule has 0 atom stereocenters. The lowest BCUT2D eigenvalue weighted by Gasteiger charge is -2.13. The van der Waals surface area contributed by atoms with Crippen molar-refractivity contribution in [2.75, 3.05) is 12.4 Å². The third-order valence-electron chi connectivity index (χ3n) is 4.76. The van der Waals surface area contributed by atoms with Crippen molar-refractivity contribution in [3.05, 3.63) is 101 Å². The fourth-order valence-electron chi connectivity index (χ4n) is 3.11. The van der Waals surface area contributed by atoms with Crippen molar-refractivity contribution in [1.82, 2.24) is 15.3 Å². The summed E-state index contributed by atoms with van der Waals surface area (Å²) >= 11 is 0. The summed E-state index contributed by atoms with van der Waals surface area (Å²) < 4.78 is 13.5. The van der Waals surface area contributed by atoms with Crippen LogP contribution in [0.25, 0.3) is 11.3 Å². The molecule has 9 heteroatoms. The molecule has 0 saturated heterocycles. The maximum Gasteiger partial charge on any atom is 0.254 e. The van der Waals surface area contributed by atoms with Crippen molar-refractivity contribution in [1.29, 1.82) is 0 Å². The van der Waals surface area contributed by atoms with E-state index in [0.717, 1.165) is 5.69 Å². The molecule has 0 aliphatic heterocycles. The Kier molecular flexibility index (Phi) is 8.07. The molecule has 0 saturated carbocycles. The van der Waals surface area contributed by atoms with E-state index in [-0.39, 0.29) is 29.7 Å². The molecular weight excluding hydrogens is 433 g/mol. The predicted molar refractivity (Wildman–Crippen MR) is 133 cm³/mol. The van der Waals surface area contributed by atoms with Gasteiger partial charge in [0, 0.05) is 36.8 Å². The van der Waals surface area contributed by atoms with Gasteiger partial charge in [-0.25, -0.2) is 9.37 Å².